The van der Waals surface area contributed by atoms with E-state index < -0.39 is 0 Å². The van der Waals surface area contributed by atoms with Crippen molar-refractivity contribution in [3.05, 3.63) is 88.2 Å². The van der Waals surface area contributed by atoms with Gasteiger partial charge in [-0.25, -0.2) is 9.67 Å². The van der Waals surface area contributed by atoms with Gasteiger partial charge in [0, 0.05) is 5.56 Å². The molecule has 0 radical (unpaired) electrons. The number of aryl methyl sites for hydroxylation is 4. The van der Waals surface area contributed by atoms with Crippen LogP contribution in [0.2, 0.25) is 0 Å². The highest BCUT2D eigenvalue weighted by Gasteiger charge is 2.43. The van der Waals surface area contributed by atoms with Gasteiger partial charge in [-0.2, -0.15) is 10.4 Å². The van der Waals surface area contributed by atoms with Crippen LogP contribution in [-0.2, 0) is 5.41 Å². The second kappa shape index (κ2) is 12.0. The zero-order valence-corrected chi connectivity index (χ0v) is 26.5. The molecule has 0 fully saturated rings. The first kappa shape index (κ1) is 30.3. The Hall–Kier alpha value is -3.71. The normalized spacial score (nSPS) is 13.2. The third-order valence-corrected chi connectivity index (χ3v) is 9.16. The summed E-state index contributed by atoms with van der Waals surface area (Å²) >= 11 is 0. The van der Waals surface area contributed by atoms with Crippen LogP contribution in [-0.4, -0.2) is 14.8 Å². The number of nitrogens with zero attached hydrogens (tertiary/aromatic N) is 4. The SMILES string of the molecule is CCCCC(C)(c1ccc(-c2ccc(C#N)cc2)cc1-c1nc(C)nn1-c1c(C)cc(C)cc1C)C(C)(C)CCC. The van der Waals surface area contributed by atoms with E-state index >= 15 is 0 Å². The predicted molar refractivity (Wildman–Crippen MR) is 171 cm³/mol. The molecule has 0 saturated heterocycles. The molecule has 0 saturated carbocycles. The molecule has 4 nitrogen and oxygen atoms in total. The Bertz CT molecular complexity index is 1540. The minimum absolute atomic E-state index is 0.0698. The number of hydrogen-bond acceptors (Lipinski definition) is 3. The van der Waals surface area contributed by atoms with Crippen molar-refractivity contribution in [1.82, 2.24) is 14.8 Å². The van der Waals surface area contributed by atoms with Gasteiger partial charge in [-0.1, -0.05) is 95.8 Å². The highest BCUT2D eigenvalue weighted by atomic mass is 15.4. The van der Waals surface area contributed by atoms with Crippen molar-refractivity contribution in [2.45, 2.75) is 99.8 Å². The van der Waals surface area contributed by atoms with Gasteiger partial charge >= 0.3 is 0 Å². The maximum Gasteiger partial charge on any atom is 0.163 e. The molecule has 214 valence electrons. The highest BCUT2D eigenvalue weighted by Crippen LogP contribution is 2.51. The lowest BCUT2D eigenvalue weighted by Gasteiger charge is -2.46. The molecule has 1 atom stereocenters. The van der Waals surface area contributed by atoms with Gasteiger partial charge in [0.05, 0.1) is 17.3 Å². The van der Waals surface area contributed by atoms with Gasteiger partial charge in [0.15, 0.2) is 5.82 Å². The second-order valence-corrected chi connectivity index (χ2v) is 12.7. The van der Waals surface area contributed by atoms with Crippen LogP contribution in [0.15, 0.2) is 54.6 Å². The van der Waals surface area contributed by atoms with Crippen molar-refractivity contribution in [2.75, 3.05) is 0 Å². The summed E-state index contributed by atoms with van der Waals surface area (Å²) in [6, 6.07) is 21.5. The van der Waals surface area contributed by atoms with Crippen molar-refractivity contribution in [1.29, 1.82) is 5.26 Å². The molecule has 3 aromatic carbocycles. The number of aromatic nitrogens is 3. The van der Waals surface area contributed by atoms with Gasteiger partial charge in [0.2, 0.25) is 0 Å². The molecule has 1 aromatic heterocycles. The third-order valence-electron chi connectivity index (χ3n) is 9.16. The Morgan fingerprint density at radius 1 is 0.805 bits per heavy atom. The molecule has 4 aromatic rings. The molecule has 4 rings (SSSR count). The molecule has 1 unspecified atom stereocenters. The van der Waals surface area contributed by atoms with E-state index in [2.05, 4.69) is 96.5 Å². The highest BCUT2D eigenvalue weighted by molar-refractivity contribution is 5.75. The predicted octanol–water partition coefficient (Wildman–Crippen LogP) is 9.98. The summed E-state index contributed by atoms with van der Waals surface area (Å²) in [7, 11) is 0. The van der Waals surface area contributed by atoms with Gasteiger partial charge in [0.25, 0.3) is 0 Å². The fraction of sp³-hybridized carbons (Fsp3) is 0.432. The minimum Gasteiger partial charge on any atom is -0.212 e. The summed E-state index contributed by atoms with van der Waals surface area (Å²) in [4.78, 5) is 5.12. The molecule has 0 aliphatic heterocycles. The van der Waals surface area contributed by atoms with E-state index in [9.17, 15) is 5.26 Å². The summed E-state index contributed by atoms with van der Waals surface area (Å²) in [6.07, 6.45) is 5.72. The molecule has 0 aliphatic rings. The Kier molecular flexibility index (Phi) is 8.88. The van der Waals surface area contributed by atoms with E-state index in [1.165, 1.54) is 28.7 Å². The first-order chi connectivity index (χ1) is 19.5. The summed E-state index contributed by atoms with van der Waals surface area (Å²) in [5.74, 6) is 1.65. The van der Waals surface area contributed by atoms with Gasteiger partial charge in [-0.15, -0.1) is 0 Å². The van der Waals surface area contributed by atoms with Gasteiger partial charge in [0.1, 0.15) is 5.82 Å². The summed E-state index contributed by atoms with van der Waals surface area (Å²) in [6.45, 7) is 20.4. The van der Waals surface area contributed by atoms with Gasteiger partial charge in [-0.3, -0.25) is 0 Å². The number of unbranched alkanes of at least 4 members (excludes halogenated alkanes) is 1. The standard InChI is InChI=1S/C37H46N4/c1-10-12-20-37(9,36(7,8)19-11-2)33-18-17-31(30-15-13-29(24-38)14-16-30)23-32(33)35-39-28(6)40-41(35)34-26(4)21-25(3)22-27(34)5/h13-18,21-23H,10-12,19-20H2,1-9H3. The average molecular weight is 547 g/mol. The van der Waals surface area contributed by atoms with E-state index in [-0.39, 0.29) is 10.8 Å². The molecule has 4 heteroatoms. The molecular weight excluding hydrogens is 500 g/mol. The van der Waals surface area contributed by atoms with E-state index in [1.54, 1.807) is 0 Å². The zero-order chi connectivity index (χ0) is 29.9. The van der Waals surface area contributed by atoms with Crippen LogP contribution in [0.4, 0.5) is 0 Å². The maximum absolute atomic E-state index is 9.34. The lowest BCUT2D eigenvalue weighted by atomic mass is 9.58. The summed E-state index contributed by atoms with van der Waals surface area (Å²) < 4.78 is 2.08. The molecule has 41 heavy (non-hydrogen) atoms. The molecule has 0 spiro atoms. The zero-order valence-electron chi connectivity index (χ0n) is 26.5. The van der Waals surface area contributed by atoms with Gasteiger partial charge in [-0.05, 0) is 97.4 Å². The average Bonchev–Trinajstić information content (AvgIpc) is 3.31. The summed E-state index contributed by atoms with van der Waals surface area (Å²) in [5, 5.41) is 14.3. The molecular formula is C37H46N4. The first-order valence-corrected chi connectivity index (χ1v) is 15.1. The summed E-state index contributed by atoms with van der Waals surface area (Å²) in [5.41, 5.74) is 10.1. The van der Waals surface area contributed by atoms with Crippen LogP contribution in [0.5, 0.6) is 0 Å². The van der Waals surface area contributed by atoms with Crippen molar-refractivity contribution in [3.8, 4) is 34.3 Å². The Labute approximate surface area is 247 Å². The van der Waals surface area contributed by atoms with Crippen molar-refractivity contribution in [3.63, 3.8) is 0 Å². The van der Waals surface area contributed by atoms with E-state index in [0.29, 0.717) is 5.56 Å². The number of rotatable bonds is 10. The van der Waals surface area contributed by atoms with Crippen LogP contribution < -0.4 is 0 Å². The lowest BCUT2D eigenvalue weighted by molar-refractivity contribution is 0.146. The largest absolute Gasteiger partial charge is 0.212 e. The van der Waals surface area contributed by atoms with Crippen molar-refractivity contribution < 1.29 is 0 Å². The monoisotopic (exact) mass is 546 g/mol. The van der Waals surface area contributed by atoms with Crippen LogP contribution in [0.25, 0.3) is 28.2 Å². The molecule has 0 aliphatic carbocycles. The maximum atomic E-state index is 9.34. The first-order valence-electron chi connectivity index (χ1n) is 15.1. The van der Waals surface area contributed by atoms with Crippen LogP contribution in [0, 0.1) is 44.4 Å². The van der Waals surface area contributed by atoms with Gasteiger partial charge < -0.3 is 0 Å². The molecule has 0 amide bonds. The van der Waals surface area contributed by atoms with Crippen molar-refractivity contribution >= 4 is 0 Å². The minimum atomic E-state index is -0.0698. The molecule has 0 N–H and O–H groups in total. The van der Waals surface area contributed by atoms with Crippen LogP contribution in [0.3, 0.4) is 0 Å². The lowest BCUT2D eigenvalue weighted by Crippen LogP contribution is -2.40. The number of hydrogen-bond donors (Lipinski definition) is 0. The fourth-order valence-electron chi connectivity index (χ4n) is 6.65. The Balaban J connectivity index is 2.06. The Morgan fingerprint density at radius 3 is 2.02 bits per heavy atom. The van der Waals surface area contributed by atoms with E-state index in [0.717, 1.165) is 59.7 Å². The third kappa shape index (κ3) is 5.87. The van der Waals surface area contributed by atoms with E-state index in [4.69, 9.17) is 10.1 Å². The van der Waals surface area contributed by atoms with Crippen LogP contribution in [0.1, 0.15) is 100 Å². The molecule has 0 bridgehead atoms. The second-order valence-electron chi connectivity index (χ2n) is 12.7. The topological polar surface area (TPSA) is 54.5 Å². The smallest absolute Gasteiger partial charge is 0.163 e. The van der Waals surface area contributed by atoms with Crippen molar-refractivity contribution in [2.24, 2.45) is 5.41 Å². The van der Waals surface area contributed by atoms with Crippen LogP contribution >= 0.6 is 0 Å². The number of nitriles is 1. The fourth-order valence-corrected chi connectivity index (χ4v) is 6.65. The molecule has 1 heterocycles. The Morgan fingerprint density at radius 2 is 1.44 bits per heavy atom. The quantitative estimate of drug-likeness (QED) is 0.199. The van der Waals surface area contributed by atoms with E-state index in [1.807, 2.05) is 31.2 Å². The number of benzene rings is 3.